The van der Waals surface area contributed by atoms with E-state index in [4.69, 9.17) is 0 Å². The third-order valence-electron chi connectivity index (χ3n) is 5.22. The summed E-state index contributed by atoms with van der Waals surface area (Å²) in [6, 6.07) is 0.896. The SMILES string of the molecule is CC(=O)CCCCCCCCCCCC[C@H]1CC[C@@H](O)[C@@H](C)N1. The Labute approximate surface area is 143 Å². The summed E-state index contributed by atoms with van der Waals surface area (Å²) >= 11 is 0. The monoisotopic (exact) mass is 325 g/mol. The highest BCUT2D eigenvalue weighted by atomic mass is 16.3. The summed E-state index contributed by atoms with van der Waals surface area (Å²) in [7, 11) is 0. The molecule has 0 amide bonds. The minimum Gasteiger partial charge on any atom is -0.392 e. The van der Waals surface area contributed by atoms with E-state index in [9.17, 15) is 9.90 Å². The summed E-state index contributed by atoms with van der Waals surface area (Å²) in [6.45, 7) is 3.78. The lowest BCUT2D eigenvalue weighted by Gasteiger charge is -2.32. The molecule has 1 rings (SSSR count). The third-order valence-corrected chi connectivity index (χ3v) is 5.22. The summed E-state index contributed by atoms with van der Waals surface area (Å²) in [4.78, 5) is 10.8. The Morgan fingerprint density at radius 3 is 1.96 bits per heavy atom. The van der Waals surface area contributed by atoms with Crippen LogP contribution < -0.4 is 5.32 Å². The lowest BCUT2D eigenvalue weighted by atomic mass is 9.93. The molecule has 0 bridgehead atoms. The second-order valence-electron chi connectivity index (χ2n) is 7.57. The smallest absolute Gasteiger partial charge is 0.129 e. The molecule has 0 aliphatic carbocycles. The fourth-order valence-electron chi connectivity index (χ4n) is 3.59. The number of nitrogens with one attached hydrogen (secondary N) is 1. The fourth-order valence-corrected chi connectivity index (χ4v) is 3.59. The van der Waals surface area contributed by atoms with E-state index in [1.54, 1.807) is 6.92 Å². The summed E-state index contributed by atoms with van der Waals surface area (Å²) in [5.41, 5.74) is 0. The second kappa shape index (κ2) is 12.9. The van der Waals surface area contributed by atoms with Crippen molar-refractivity contribution in [2.45, 2.75) is 122 Å². The number of piperidine rings is 1. The number of unbranched alkanes of at least 4 members (excludes halogenated alkanes) is 9. The van der Waals surface area contributed by atoms with Gasteiger partial charge in [-0.15, -0.1) is 0 Å². The van der Waals surface area contributed by atoms with Crippen LogP contribution in [0.2, 0.25) is 0 Å². The fraction of sp³-hybridized carbons (Fsp3) is 0.950. The average Bonchev–Trinajstić information content (AvgIpc) is 2.51. The first-order valence-electron chi connectivity index (χ1n) is 10.0. The van der Waals surface area contributed by atoms with E-state index in [0.29, 0.717) is 11.8 Å². The lowest BCUT2D eigenvalue weighted by Crippen LogP contribution is -2.48. The summed E-state index contributed by atoms with van der Waals surface area (Å²) < 4.78 is 0. The predicted octanol–water partition coefficient (Wildman–Crippen LogP) is 4.76. The predicted molar refractivity (Wildman–Crippen MR) is 97.7 cm³/mol. The minimum absolute atomic E-state index is 0.145. The van der Waals surface area contributed by atoms with Gasteiger partial charge >= 0.3 is 0 Å². The number of carbonyl (C=O) groups excluding carboxylic acids is 1. The van der Waals surface area contributed by atoms with E-state index in [-0.39, 0.29) is 12.1 Å². The van der Waals surface area contributed by atoms with Gasteiger partial charge in [-0.3, -0.25) is 0 Å². The molecular weight excluding hydrogens is 286 g/mol. The number of aliphatic hydroxyl groups excluding tert-OH is 1. The van der Waals surface area contributed by atoms with E-state index in [1.165, 1.54) is 64.2 Å². The van der Waals surface area contributed by atoms with Crippen molar-refractivity contribution in [3.05, 3.63) is 0 Å². The first-order chi connectivity index (χ1) is 11.1. The Hall–Kier alpha value is -0.410. The molecule has 0 unspecified atom stereocenters. The van der Waals surface area contributed by atoms with Gasteiger partial charge in [0.2, 0.25) is 0 Å². The zero-order valence-corrected chi connectivity index (χ0v) is 15.5. The molecule has 23 heavy (non-hydrogen) atoms. The second-order valence-corrected chi connectivity index (χ2v) is 7.57. The molecule has 0 saturated carbocycles. The van der Waals surface area contributed by atoms with Crippen LogP contribution in [0, 0.1) is 0 Å². The van der Waals surface area contributed by atoms with Crippen molar-refractivity contribution in [2.75, 3.05) is 0 Å². The average molecular weight is 326 g/mol. The van der Waals surface area contributed by atoms with Gasteiger partial charge in [0.1, 0.15) is 5.78 Å². The third kappa shape index (κ3) is 10.9. The number of ketones is 1. The first kappa shape index (κ1) is 20.6. The van der Waals surface area contributed by atoms with Crippen molar-refractivity contribution >= 4 is 5.78 Å². The molecule has 1 heterocycles. The quantitative estimate of drug-likeness (QED) is 0.480. The maximum absolute atomic E-state index is 10.8. The molecule has 1 aliphatic rings. The van der Waals surface area contributed by atoms with E-state index >= 15 is 0 Å². The maximum Gasteiger partial charge on any atom is 0.129 e. The normalized spacial score (nSPS) is 24.7. The molecule has 1 fully saturated rings. The van der Waals surface area contributed by atoms with Gasteiger partial charge < -0.3 is 15.2 Å². The van der Waals surface area contributed by atoms with E-state index in [1.807, 2.05) is 0 Å². The zero-order chi connectivity index (χ0) is 16.9. The van der Waals surface area contributed by atoms with Crippen LogP contribution in [-0.4, -0.2) is 29.1 Å². The molecule has 0 aromatic carbocycles. The number of hydrogen-bond donors (Lipinski definition) is 2. The summed E-state index contributed by atoms with van der Waals surface area (Å²) in [6.07, 6.45) is 17.1. The Balaban J connectivity index is 1.79. The molecular formula is C20H39NO2. The van der Waals surface area contributed by atoms with E-state index in [2.05, 4.69) is 12.2 Å². The minimum atomic E-state index is -0.145. The van der Waals surface area contributed by atoms with Gasteiger partial charge in [-0.05, 0) is 39.5 Å². The molecule has 0 aromatic rings. The van der Waals surface area contributed by atoms with Crippen molar-refractivity contribution in [1.82, 2.24) is 5.32 Å². The van der Waals surface area contributed by atoms with E-state index in [0.717, 1.165) is 25.7 Å². The first-order valence-corrected chi connectivity index (χ1v) is 10.0. The molecule has 1 saturated heterocycles. The Morgan fingerprint density at radius 1 is 0.913 bits per heavy atom. The van der Waals surface area contributed by atoms with Gasteiger partial charge in [0.05, 0.1) is 6.10 Å². The van der Waals surface area contributed by atoms with Crippen LogP contribution in [0.15, 0.2) is 0 Å². The van der Waals surface area contributed by atoms with Gasteiger partial charge in [0.15, 0.2) is 0 Å². The van der Waals surface area contributed by atoms with Gasteiger partial charge in [-0.2, -0.15) is 0 Å². The van der Waals surface area contributed by atoms with Gasteiger partial charge in [-0.1, -0.05) is 57.8 Å². The van der Waals surface area contributed by atoms with Crippen LogP contribution in [0.25, 0.3) is 0 Å². The molecule has 0 radical (unpaired) electrons. The molecule has 0 spiro atoms. The molecule has 0 aromatic heterocycles. The molecule has 2 N–H and O–H groups in total. The van der Waals surface area contributed by atoms with Crippen molar-refractivity contribution in [3.8, 4) is 0 Å². The van der Waals surface area contributed by atoms with Crippen LogP contribution >= 0.6 is 0 Å². The van der Waals surface area contributed by atoms with Crippen molar-refractivity contribution in [3.63, 3.8) is 0 Å². The molecule has 3 nitrogen and oxygen atoms in total. The molecule has 3 atom stereocenters. The number of rotatable bonds is 13. The Morgan fingerprint density at radius 2 is 1.43 bits per heavy atom. The number of aliphatic hydroxyl groups is 1. The maximum atomic E-state index is 10.8. The van der Waals surface area contributed by atoms with Crippen molar-refractivity contribution in [1.29, 1.82) is 0 Å². The van der Waals surface area contributed by atoms with Gasteiger partial charge in [-0.25, -0.2) is 0 Å². The Kier molecular flexibility index (Phi) is 11.6. The summed E-state index contributed by atoms with van der Waals surface area (Å²) in [5.74, 6) is 0.332. The molecule has 1 aliphatic heterocycles. The van der Waals surface area contributed by atoms with Crippen LogP contribution in [-0.2, 0) is 4.79 Å². The van der Waals surface area contributed by atoms with Crippen molar-refractivity contribution in [2.24, 2.45) is 0 Å². The number of Topliss-reactive ketones (excluding diaryl/α,β-unsaturated/α-hetero) is 1. The zero-order valence-electron chi connectivity index (χ0n) is 15.5. The highest BCUT2D eigenvalue weighted by Gasteiger charge is 2.24. The molecule has 3 heteroatoms. The number of hydrogen-bond acceptors (Lipinski definition) is 3. The van der Waals surface area contributed by atoms with Crippen LogP contribution in [0.1, 0.15) is 104 Å². The standard InChI is InChI=1S/C20H39NO2/c1-17(22)13-11-9-7-5-3-4-6-8-10-12-14-19-15-16-20(23)18(2)21-19/h18-21,23H,3-16H2,1-2H3/t18-,19+,20-/m1/s1. The Bertz CT molecular complexity index is 306. The van der Waals surface area contributed by atoms with Crippen LogP contribution in [0.4, 0.5) is 0 Å². The lowest BCUT2D eigenvalue weighted by molar-refractivity contribution is -0.117. The largest absolute Gasteiger partial charge is 0.392 e. The van der Waals surface area contributed by atoms with Gasteiger partial charge in [0.25, 0.3) is 0 Å². The van der Waals surface area contributed by atoms with Crippen LogP contribution in [0.5, 0.6) is 0 Å². The van der Waals surface area contributed by atoms with Gasteiger partial charge in [0, 0.05) is 18.5 Å². The topological polar surface area (TPSA) is 49.3 Å². The van der Waals surface area contributed by atoms with E-state index < -0.39 is 0 Å². The van der Waals surface area contributed by atoms with Crippen LogP contribution in [0.3, 0.4) is 0 Å². The summed E-state index contributed by atoms with van der Waals surface area (Å²) in [5, 5.41) is 13.2. The number of carbonyl (C=O) groups is 1. The van der Waals surface area contributed by atoms with Crippen molar-refractivity contribution < 1.29 is 9.90 Å². The highest BCUT2D eigenvalue weighted by Crippen LogP contribution is 2.18. The highest BCUT2D eigenvalue weighted by molar-refractivity contribution is 5.75. The molecule has 136 valence electrons.